The van der Waals surface area contributed by atoms with E-state index in [0.717, 1.165) is 21.5 Å². The molecule has 1 rings (SSSR count). The number of rotatable bonds is 4. The molecule has 3 nitrogen and oxygen atoms in total. The first-order valence-electron chi connectivity index (χ1n) is 4.32. The van der Waals surface area contributed by atoms with Gasteiger partial charge in [-0.2, -0.15) is 0 Å². The van der Waals surface area contributed by atoms with Crippen molar-refractivity contribution in [3.05, 3.63) is 22.2 Å². The predicted molar refractivity (Wildman–Crippen MR) is 60.7 cm³/mol. The summed E-state index contributed by atoms with van der Waals surface area (Å²) >= 11 is 3.41. The maximum atomic E-state index is 5.76. The van der Waals surface area contributed by atoms with E-state index in [4.69, 9.17) is 15.2 Å². The Morgan fingerprint density at radius 3 is 2.71 bits per heavy atom. The molecule has 0 amide bonds. The highest BCUT2D eigenvalue weighted by atomic mass is 79.9. The monoisotopic (exact) mass is 259 g/mol. The van der Waals surface area contributed by atoms with Crippen LogP contribution < -0.4 is 10.5 Å². The van der Waals surface area contributed by atoms with Gasteiger partial charge in [-0.05, 0) is 34.5 Å². The molecule has 0 aliphatic carbocycles. The average Bonchev–Trinajstić information content (AvgIpc) is 2.14. The Hall–Kier alpha value is -0.740. The number of nitrogen functional groups attached to an aromatic ring is 1. The fourth-order valence-electron chi connectivity index (χ4n) is 1.01. The van der Waals surface area contributed by atoms with Gasteiger partial charge in [0.25, 0.3) is 0 Å². The van der Waals surface area contributed by atoms with Gasteiger partial charge in [-0.15, -0.1) is 0 Å². The van der Waals surface area contributed by atoms with Gasteiger partial charge in [0.05, 0.1) is 11.1 Å². The third-order valence-corrected chi connectivity index (χ3v) is 2.49. The summed E-state index contributed by atoms with van der Waals surface area (Å²) in [7, 11) is 1.64. The highest BCUT2D eigenvalue weighted by Crippen LogP contribution is 2.29. The molecule has 0 aliphatic heterocycles. The Morgan fingerprint density at radius 2 is 2.07 bits per heavy atom. The molecule has 0 heterocycles. The van der Waals surface area contributed by atoms with Crippen molar-refractivity contribution in [1.29, 1.82) is 0 Å². The zero-order chi connectivity index (χ0) is 10.6. The van der Waals surface area contributed by atoms with Crippen LogP contribution >= 0.6 is 15.9 Å². The van der Waals surface area contributed by atoms with Crippen molar-refractivity contribution < 1.29 is 9.47 Å². The van der Waals surface area contributed by atoms with Crippen LogP contribution in [-0.2, 0) is 4.74 Å². The number of methoxy groups -OCH3 is 1. The van der Waals surface area contributed by atoms with E-state index < -0.39 is 0 Å². The van der Waals surface area contributed by atoms with E-state index >= 15 is 0 Å². The number of aryl methyl sites for hydroxylation is 1. The Kier molecular flexibility index (Phi) is 4.22. The normalized spacial score (nSPS) is 10.2. The fraction of sp³-hybridized carbons (Fsp3) is 0.400. The van der Waals surface area contributed by atoms with Crippen molar-refractivity contribution in [3.63, 3.8) is 0 Å². The third-order valence-electron chi connectivity index (χ3n) is 1.87. The molecule has 0 radical (unpaired) electrons. The molecule has 2 N–H and O–H groups in total. The lowest BCUT2D eigenvalue weighted by Crippen LogP contribution is -2.05. The van der Waals surface area contributed by atoms with Gasteiger partial charge in [0.15, 0.2) is 0 Å². The molecule has 0 aliphatic rings. The molecule has 4 heteroatoms. The second-order valence-electron chi connectivity index (χ2n) is 2.98. The SMILES string of the molecule is COCCOc1cc(N)c(C)cc1Br. The van der Waals surface area contributed by atoms with E-state index in [1.165, 1.54) is 0 Å². The van der Waals surface area contributed by atoms with Crippen LogP contribution in [0.3, 0.4) is 0 Å². The van der Waals surface area contributed by atoms with Crippen molar-refractivity contribution in [3.8, 4) is 5.75 Å². The van der Waals surface area contributed by atoms with Crippen LogP contribution in [-0.4, -0.2) is 20.3 Å². The van der Waals surface area contributed by atoms with Gasteiger partial charge in [-0.1, -0.05) is 0 Å². The van der Waals surface area contributed by atoms with Crippen molar-refractivity contribution >= 4 is 21.6 Å². The third kappa shape index (κ3) is 2.89. The largest absolute Gasteiger partial charge is 0.490 e. The topological polar surface area (TPSA) is 44.5 Å². The molecular formula is C10H14BrNO2. The van der Waals surface area contributed by atoms with Gasteiger partial charge in [0.1, 0.15) is 12.4 Å². The Bertz CT molecular complexity index is 315. The molecule has 78 valence electrons. The first kappa shape index (κ1) is 11.3. The molecule has 0 unspecified atom stereocenters. The lowest BCUT2D eigenvalue weighted by molar-refractivity contribution is 0.146. The zero-order valence-electron chi connectivity index (χ0n) is 8.34. The summed E-state index contributed by atoms with van der Waals surface area (Å²) in [5.41, 5.74) is 7.54. The standard InChI is InChI=1S/C10H14BrNO2/c1-7-5-8(11)10(6-9(7)12)14-4-3-13-2/h5-6H,3-4,12H2,1-2H3. The van der Waals surface area contributed by atoms with Crippen LogP contribution in [0.15, 0.2) is 16.6 Å². The second kappa shape index (κ2) is 5.22. The molecule has 0 spiro atoms. The number of ether oxygens (including phenoxy) is 2. The first-order valence-corrected chi connectivity index (χ1v) is 5.12. The van der Waals surface area contributed by atoms with Crippen LogP contribution in [0.2, 0.25) is 0 Å². The quantitative estimate of drug-likeness (QED) is 0.667. The molecule has 0 bridgehead atoms. The maximum absolute atomic E-state index is 5.76. The van der Waals surface area contributed by atoms with Crippen LogP contribution in [0.1, 0.15) is 5.56 Å². The van der Waals surface area contributed by atoms with E-state index in [0.29, 0.717) is 13.2 Å². The van der Waals surface area contributed by atoms with Crippen molar-refractivity contribution in [2.24, 2.45) is 0 Å². The average molecular weight is 260 g/mol. The van der Waals surface area contributed by atoms with Gasteiger partial charge in [-0.25, -0.2) is 0 Å². The van der Waals surface area contributed by atoms with Gasteiger partial charge in [-0.3, -0.25) is 0 Å². The Balaban J connectivity index is 2.72. The summed E-state index contributed by atoms with van der Waals surface area (Å²) in [6.07, 6.45) is 0. The Morgan fingerprint density at radius 1 is 1.36 bits per heavy atom. The van der Waals surface area contributed by atoms with Gasteiger partial charge >= 0.3 is 0 Å². The number of hydrogen-bond donors (Lipinski definition) is 1. The van der Waals surface area contributed by atoms with Gasteiger partial charge in [0.2, 0.25) is 0 Å². The molecule has 0 atom stereocenters. The summed E-state index contributed by atoms with van der Waals surface area (Å²) in [6.45, 7) is 3.05. The minimum absolute atomic E-state index is 0.525. The Labute approximate surface area is 92.3 Å². The number of hydrogen-bond acceptors (Lipinski definition) is 3. The summed E-state index contributed by atoms with van der Waals surface area (Å²) < 4.78 is 11.3. The second-order valence-corrected chi connectivity index (χ2v) is 3.83. The molecule has 0 saturated heterocycles. The maximum Gasteiger partial charge on any atom is 0.135 e. The lowest BCUT2D eigenvalue weighted by atomic mass is 10.2. The fourth-order valence-corrected chi connectivity index (χ4v) is 1.59. The molecular weight excluding hydrogens is 246 g/mol. The van der Waals surface area contributed by atoms with Crippen molar-refractivity contribution in [2.45, 2.75) is 6.92 Å². The summed E-state index contributed by atoms with van der Waals surface area (Å²) in [6, 6.07) is 3.76. The molecule has 0 saturated carbocycles. The molecule has 1 aromatic rings. The van der Waals surface area contributed by atoms with Crippen molar-refractivity contribution in [2.75, 3.05) is 26.1 Å². The number of anilines is 1. The molecule has 0 aromatic heterocycles. The van der Waals surface area contributed by atoms with E-state index in [2.05, 4.69) is 15.9 Å². The first-order chi connectivity index (χ1) is 6.65. The number of benzene rings is 1. The zero-order valence-corrected chi connectivity index (χ0v) is 9.93. The van der Waals surface area contributed by atoms with E-state index in [9.17, 15) is 0 Å². The molecule has 1 aromatic carbocycles. The molecule has 14 heavy (non-hydrogen) atoms. The summed E-state index contributed by atoms with van der Waals surface area (Å²) in [4.78, 5) is 0. The minimum atomic E-state index is 0.525. The smallest absolute Gasteiger partial charge is 0.135 e. The van der Waals surface area contributed by atoms with Crippen LogP contribution in [0.5, 0.6) is 5.75 Å². The molecule has 0 fully saturated rings. The van der Waals surface area contributed by atoms with E-state index in [1.54, 1.807) is 7.11 Å². The van der Waals surface area contributed by atoms with E-state index in [1.807, 2.05) is 19.1 Å². The predicted octanol–water partition coefficient (Wildman–Crippen LogP) is 2.36. The lowest BCUT2D eigenvalue weighted by Gasteiger charge is -2.09. The van der Waals surface area contributed by atoms with Gasteiger partial charge < -0.3 is 15.2 Å². The summed E-state index contributed by atoms with van der Waals surface area (Å²) in [5, 5.41) is 0. The number of halogens is 1. The van der Waals surface area contributed by atoms with E-state index in [-0.39, 0.29) is 0 Å². The van der Waals surface area contributed by atoms with Crippen LogP contribution in [0.4, 0.5) is 5.69 Å². The number of nitrogens with two attached hydrogens (primary N) is 1. The summed E-state index contributed by atoms with van der Waals surface area (Å²) in [5.74, 6) is 0.755. The van der Waals surface area contributed by atoms with Gasteiger partial charge in [0, 0.05) is 18.9 Å². The van der Waals surface area contributed by atoms with Crippen LogP contribution in [0, 0.1) is 6.92 Å². The van der Waals surface area contributed by atoms with Crippen LogP contribution in [0.25, 0.3) is 0 Å². The van der Waals surface area contributed by atoms with Crippen molar-refractivity contribution in [1.82, 2.24) is 0 Å². The highest BCUT2D eigenvalue weighted by molar-refractivity contribution is 9.10. The minimum Gasteiger partial charge on any atom is -0.490 e. The highest BCUT2D eigenvalue weighted by Gasteiger charge is 2.04.